The average Bonchev–Trinajstić information content (AvgIpc) is 3.22. The minimum atomic E-state index is -4.56. The Balaban J connectivity index is 2.06. The Bertz CT molecular complexity index is 794. The van der Waals surface area contributed by atoms with Crippen molar-refractivity contribution in [1.82, 2.24) is 5.16 Å². The topological polar surface area (TPSA) is 60.2 Å². The zero-order chi connectivity index (χ0) is 16.8. The van der Waals surface area contributed by atoms with Crippen LogP contribution < -0.4 is 0 Å². The Morgan fingerprint density at radius 1 is 1.30 bits per heavy atom. The van der Waals surface area contributed by atoms with Crippen LogP contribution in [0.3, 0.4) is 0 Å². The second-order valence-electron chi connectivity index (χ2n) is 5.37. The number of halogens is 3. The molecule has 122 valence electrons. The van der Waals surface area contributed by atoms with E-state index in [1.807, 2.05) is 0 Å². The summed E-state index contributed by atoms with van der Waals surface area (Å²) in [6, 6.07) is 2.63. The lowest BCUT2D eigenvalue weighted by Crippen LogP contribution is -2.11. The quantitative estimate of drug-likeness (QED) is 0.797. The summed E-state index contributed by atoms with van der Waals surface area (Å²) in [6.45, 7) is 0. The number of carbonyl (C=O) groups excluding carboxylic acids is 1. The summed E-state index contributed by atoms with van der Waals surface area (Å²) in [5.41, 5.74) is -0.741. The lowest BCUT2D eigenvalue weighted by atomic mass is 10.0. The largest absolute Gasteiger partial charge is 0.416 e. The molecule has 8 heteroatoms. The van der Waals surface area contributed by atoms with E-state index >= 15 is 0 Å². The molecule has 0 bridgehead atoms. The molecule has 1 fully saturated rings. The van der Waals surface area contributed by atoms with Crippen molar-refractivity contribution in [3.05, 3.63) is 46.8 Å². The number of rotatable bonds is 4. The van der Waals surface area contributed by atoms with Crippen molar-refractivity contribution in [3.8, 4) is 0 Å². The van der Waals surface area contributed by atoms with Crippen molar-refractivity contribution in [2.24, 2.45) is 0 Å². The van der Waals surface area contributed by atoms with Crippen molar-refractivity contribution >= 4 is 16.6 Å². The van der Waals surface area contributed by atoms with E-state index in [1.54, 1.807) is 0 Å². The molecule has 0 radical (unpaired) electrons. The molecule has 1 saturated carbocycles. The van der Waals surface area contributed by atoms with Crippen LogP contribution in [0.5, 0.6) is 0 Å². The smallest absolute Gasteiger partial charge is 0.360 e. The summed E-state index contributed by atoms with van der Waals surface area (Å²) in [6.07, 6.45) is -0.298. The number of benzene rings is 1. The first-order valence-corrected chi connectivity index (χ1v) is 8.38. The predicted molar refractivity (Wildman–Crippen MR) is 75.7 cm³/mol. The van der Waals surface area contributed by atoms with E-state index in [-0.39, 0.29) is 21.9 Å². The van der Waals surface area contributed by atoms with Crippen LogP contribution in [0.4, 0.5) is 13.2 Å². The average molecular weight is 343 g/mol. The van der Waals surface area contributed by atoms with E-state index < -0.39 is 28.3 Å². The van der Waals surface area contributed by atoms with Crippen LogP contribution in [-0.2, 0) is 17.0 Å². The van der Waals surface area contributed by atoms with Gasteiger partial charge in [0.05, 0.1) is 33.0 Å². The fourth-order valence-corrected chi connectivity index (χ4v) is 3.09. The van der Waals surface area contributed by atoms with Crippen molar-refractivity contribution in [2.75, 3.05) is 6.26 Å². The van der Waals surface area contributed by atoms with Gasteiger partial charge in [0.2, 0.25) is 0 Å². The van der Waals surface area contributed by atoms with Gasteiger partial charge < -0.3 is 4.52 Å². The fraction of sp³-hybridized carbons (Fsp3) is 0.333. The van der Waals surface area contributed by atoms with Gasteiger partial charge >= 0.3 is 6.18 Å². The van der Waals surface area contributed by atoms with E-state index in [4.69, 9.17) is 4.52 Å². The molecule has 0 N–H and O–H groups in total. The molecule has 1 aliphatic rings. The highest BCUT2D eigenvalue weighted by Gasteiger charge is 2.35. The zero-order valence-corrected chi connectivity index (χ0v) is 12.8. The number of carbonyl (C=O) groups is 1. The number of ketones is 1. The molecule has 0 aliphatic heterocycles. The first-order chi connectivity index (χ1) is 10.8. The Morgan fingerprint density at radius 2 is 2.00 bits per heavy atom. The molecule has 0 saturated heterocycles. The molecule has 1 aliphatic carbocycles. The van der Waals surface area contributed by atoms with Crippen molar-refractivity contribution < 1.29 is 26.7 Å². The molecular formula is C15H12F3NO3S. The monoisotopic (exact) mass is 343 g/mol. The maximum Gasteiger partial charge on any atom is 0.416 e. The van der Waals surface area contributed by atoms with Crippen molar-refractivity contribution in [2.45, 2.75) is 29.8 Å². The van der Waals surface area contributed by atoms with Crippen LogP contribution in [0.2, 0.25) is 0 Å². The molecule has 1 heterocycles. The molecule has 3 rings (SSSR count). The van der Waals surface area contributed by atoms with Crippen LogP contribution >= 0.6 is 0 Å². The minimum absolute atomic E-state index is 0.0241. The number of aromatic nitrogens is 1. The normalized spacial score (nSPS) is 16.3. The Kier molecular flexibility index (Phi) is 3.87. The standard InChI is InChI=1S/C15H12F3NO3S/c1-23(21)12-6-9(15(16,17)18)4-5-10(12)13(20)11-7-19-22-14(11)8-2-3-8/h4-8H,2-3H2,1H3. The van der Waals surface area contributed by atoms with Crippen LogP contribution in [0.15, 0.2) is 33.8 Å². The van der Waals surface area contributed by atoms with E-state index in [9.17, 15) is 22.2 Å². The SMILES string of the molecule is CS(=O)c1cc(C(F)(F)F)ccc1C(=O)c1cnoc1C1CC1. The molecule has 4 nitrogen and oxygen atoms in total. The summed E-state index contributed by atoms with van der Waals surface area (Å²) in [5, 5.41) is 3.61. The van der Waals surface area contributed by atoms with Crippen LogP contribution in [0, 0.1) is 0 Å². The van der Waals surface area contributed by atoms with E-state index in [0.29, 0.717) is 5.76 Å². The van der Waals surface area contributed by atoms with E-state index in [2.05, 4.69) is 5.16 Å². The summed E-state index contributed by atoms with van der Waals surface area (Å²) in [7, 11) is -1.74. The summed E-state index contributed by atoms with van der Waals surface area (Å²) in [4.78, 5) is 12.5. The lowest BCUT2D eigenvalue weighted by molar-refractivity contribution is -0.137. The molecular weight excluding hydrogens is 331 g/mol. The minimum Gasteiger partial charge on any atom is -0.360 e. The van der Waals surface area contributed by atoms with Crippen LogP contribution in [-0.4, -0.2) is 21.4 Å². The van der Waals surface area contributed by atoms with Gasteiger partial charge in [0.1, 0.15) is 0 Å². The second-order valence-corrected chi connectivity index (χ2v) is 6.72. The predicted octanol–water partition coefficient (Wildman–Crippen LogP) is 3.54. The van der Waals surface area contributed by atoms with Gasteiger partial charge in [-0.25, -0.2) is 0 Å². The molecule has 1 aromatic heterocycles. The Hall–Kier alpha value is -1.96. The first-order valence-electron chi connectivity index (χ1n) is 6.83. The van der Waals surface area contributed by atoms with Crippen LogP contribution in [0.1, 0.15) is 46.0 Å². The van der Waals surface area contributed by atoms with Gasteiger partial charge in [0.15, 0.2) is 11.5 Å². The molecule has 23 heavy (non-hydrogen) atoms. The molecule has 1 atom stereocenters. The zero-order valence-electron chi connectivity index (χ0n) is 12.0. The third kappa shape index (κ3) is 3.08. The Morgan fingerprint density at radius 3 is 2.57 bits per heavy atom. The van der Waals surface area contributed by atoms with Gasteiger partial charge in [0, 0.05) is 17.7 Å². The molecule has 2 aromatic rings. The third-order valence-electron chi connectivity index (χ3n) is 3.65. The fourth-order valence-electron chi connectivity index (χ4n) is 2.33. The van der Waals surface area contributed by atoms with Crippen molar-refractivity contribution in [3.63, 3.8) is 0 Å². The van der Waals surface area contributed by atoms with Crippen molar-refractivity contribution in [1.29, 1.82) is 0 Å². The first kappa shape index (κ1) is 15.9. The Labute approximate surface area is 132 Å². The highest BCUT2D eigenvalue weighted by Crippen LogP contribution is 2.42. The van der Waals surface area contributed by atoms with E-state index in [0.717, 1.165) is 31.0 Å². The van der Waals surface area contributed by atoms with Gasteiger partial charge in [-0.1, -0.05) is 5.16 Å². The number of hydrogen-bond donors (Lipinski definition) is 0. The van der Waals surface area contributed by atoms with Crippen LogP contribution in [0.25, 0.3) is 0 Å². The number of nitrogens with zero attached hydrogens (tertiary/aromatic N) is 1. The molecule has 0 amide bonds. The highest BCUT2D eigenvalue weighted by molar-refractivity contribution is 7.84. The summed E-state index contributed by atoms with van der Waals surface area (Å²) < 4.78 is 55.3. The third-order valence-corrected chi connectivity index (χ3v) is 4.61. The molecule has 1 aromatic carbocycles. The molecule has 1 unspecified atom stereocenters. The van der Waals surface area contributed by atoms with Gasteiger partial charge in [-0.05, 0) is 31.0 Å². The maximum atomic E-state index is 12.8. The lowest BCUT2D eigenvalue weighted by Gasteiger charge is -2.11. The summed E-state index contributed by atoms with van der Waals surface area (Å²) in [5.74, 6) is 0.0521. The number of hydrogen-bond acceptors (Lipinski definition) is 4. The van der Waals surface area contributed by atoms with Gasteiger partial charge in [-0.3, -0.25) is 9.00 Å². The maximum absolute atomic E-state index is 12.8. The van der Waals surface area contributed by atoms with Gasteiger partial charge in [0.25, 0.3) is 0 Å². The van der Waals surface area contributed by atoms with Gasteiger partial charge in [-0.15, -0.1) is 0 Å². The second kappa shape index (κ2) is 5.59. The van der Waals surface area contributed by atoms with Gasteiger partial charge in [-0.2, -0.15) is 13.2 Å². The number of alkyl halides is 3. The van der Waals surface area contributed by atoms with E-state index in [1.165, 1.54) is 12.5 Å². The highest BCUT2D eigenvalue weighted by atomic mass is 32.2. The molecule has 0 spiro atoms. The summed E-state index contributed by atoms with van der Waals surface area (Å²) >= 11 is 0.